The highest BCUT2D eigenvalue weighted by Gasteiger charge is 2.14. The molecule has 4 aromatic rings. The van der Waals surface area contributed by atoms with Gasteiger partial charge in [-0.3, -0.25) is 9.88 Å². The van der Waals surface area contributed by atoms with Gasteiger partial charge in [-0.25, -0.2) is 4.98 Å². The van der Waals surface area contributed by atoms with Crippen LogP contribution in [-0.2, 0) is 13.1 Å². The van der Waals surface area contributed by atoms with Gasteiger partial charge in [0, 0.05) is 25.1 Å². The Balaban J connectivity index is 1.50. The van der Waals surface area contributed by atoms with E-state index in [4.69, 9.17) is 4.42 Å². The van der Waals surface area contributed by atoms with Gasteiger partial charge in [0.1, 0.15) is 5.65 Å². The van der Waals surface area contributed by atoms with Gasteiger partial charge in [0.15, 0.2) is 0 Å². The van der Waals surface area contributed by atoms with E-state index in [-0.39, 0.29) is 0 Å². The maximum absolute atomic E-state index is 5.75. The Kier molecular flexibility index (Phi) is 3.99. The van der Waals surface area contributed by atoms with Crippen molar-refractivity contribution in [1.29, 1.82) is 0 Å². The number of fused-ring (bicyclic) bond motifs is 1. The van der Waals surface area contributed by atoms with Crippen molar-refractivity contribution >= 4 is 5.65 Å². The number of imidazole rings is 1. The normalized spacial score (nSPS) is 11.5. The summed E-state index contributed by atoms with van der Waals surface area (Å²) in [5.74, 6) is 1.07. The van der Waals surface area contributed by atoms with Crippen LogP contribution in [0.2, 0.25) is 0 Å². The molecule has 0 spiro atoms. The molecule has 0 aromatic carbocycles. The first kappa shape index (κ1) is 15.5. The average Bonchev–Trinajstić information content (AvgIpc) is 3.21. The molecule has 0 bridgehead atoms. The smallest absolute Gasteiger partial charge is 0.249 e. The minimum Gasteiger partial charge on any atom is -0.419 e. The van der Waals surface area contributed by atoms with Crippen LogP contribution in [-0.4, -0.2) is 36.5 Å². The van der Waals surface area contributed by atoms with E-state index in [1.165, 1.54) is 0 Å². The second-order valence-electron chi connectivity index (χ2n) is 5.99. The van der Waals surface area contributed by atoms with Crippen LogP contribution in [0.5, 0.6) is 0 Å². The van der Waals surface area contributed by atoms with Crippen molar-refractivity contribution in [3.05, 3.63) is 66.2 Å². The predicted octanol–water partition coefficient (Wildman–Crippen LogP) is 2.72. The van der Waals surface area contributed by atoms with Crippen molar-refractivity contribution in [2.45, 2.75) is 20.0 Å². The molecule has 0 saturated carbocycles. The van der Waals surface area contributed by atoms with Gasteiger partial charge < -0.3 is 8.82 Å². The fourth-order valence-electron chi connectivity index (χ4n) is 2.82. The summed E-state index contributed by atoms with van der Waals surface area (Å²) in [7, 11) is 2.02. The minimum absolute atomic E-state index is 0.488. The van der Waals surface area contributed by atoms with E-state index < -0.39 is 0 Å². The van der Waals surface area contributed by atoms with Gasteiger partial charge >= 0.3 is 0 Å². The van der Waals surface area contributed by atoms with E-state index in [1.54, 1.807) is 12.4 Å². The summed E-state index contributed by atoms with van der Waals surface area (Å²) in [4.78, 5) is 10.8. The quantitative estimate of drug-likeness (QED) is 0.559. The molecule has 0 aliphatic heterocycles. The van der Waals surface area contributed by atoms with Gasteiger partial charge in [-0.1, -0.05) is 6.07 Å². The highest BCUT2D eigenvalue weighted by molar-refractivity contribution is 5.49. The first-order valence-electron chi connectivity index (χ1n) is 8.04. The van der Waals surface area contributed by atoms with E-state index in [2.05, 4.69) is 29.5 Å². The van der Waals surface area contributed by atoms with Gasteiger partial charge in [0.25, 0.3) is 0 Å². The van der Waals surface area contributed by atoms with E-state index >= 15 is 0 Å². The molecule has 0 aliphatic rings. The van der Waals surface area contributed by atoms with E-state index in [0.29, 0.717) is 18.3 Å². The van der Waals surface area contributed by atoms with Crippen LogP contribution in [0.4, 0.5) is 0 Å². The summed E-state index contributed by atoms with van der Waals surface area (Å²) in [6.45, 7) is 3.33. The van der Waals surface area contributed by atoms with Gasteiger partial charge in [-0.2, -0.15) is 0 Å². The molecule has 0 amide bonds. The second kappa shape index (κ2) is 6.45. The molecule has 4 aromatic heterocycles. The van der Waals surface area contributed by atoms with E-state index in [9.17, 15) is 0 Å². The van der Waals surface area contributed by atoms with Crippen molar-refractivity contribution in [2.75, 3.05) is 7.05 Å². The number of hydrogen-bond acceptors (Lipinski definition) is 6. The molecular weight excluding hydrogens is 316 g/mol. The van der Waals surface area contributed by atoms with Crippen LogP contribution in [0.3, 0.4) is 0 Å². The fraction of sp³-hybridized carbons (Fsp3) is 0.222. The maximum atomic E-state index is 5.75. The van der Waals surface area contributed by atoms with Crippen LogP contribution in [0.15, 0.2) is 53.3 Å². The first-order valence-corrected chi connectivity index (χ1v) is 8.04. The predicted molar refractivity (Wildman–Crippen MR) is 92.6 cm³/mol. The van der Waals surface area contributed by atoms with Crippen LogP contribution in [0.25, 0.3) is 17.1 Å². The van der Waals surface area contributed by atoms with E-state index in [0.717, 1.165) is 29.1 Å². The molecule has 0 unspecified atom stereocenters. The third-order valence-corrected chi connectivity index (χ3v) is 4.03. The SMILES string of the molecule is Cc1nc2ccccn2c1CN(C)Cc1nnc(-c2cccnc2)o1. The summed E-state index contributed by atoms with van der Waals surface area (Å²) in [5.41, 5.74) is 3.96. The Bertz CT molecular complexity index is 991. The van der Waals surface area contributed by atoms with Crippen LogP contribution < -0.4 is 0 Å². The van der Waals surface area contributed by atoms with Crippen LogP contribution >= 0.6 is 0 Å². The molecule has 126 valence electrons. The van der Waals surface area contributed by atoms with Crippen molar-refractivity contribution in [3.8, 4) is 11.5 Å². The summed E-state index contributed by atoms with van der Waals surface area (Å²) < 4.78 is 7.86. The molecular formula is C18H18N6O. The number of hydrogen-bond donors (Lipinski definition) is 0. The Morgan fingerprint density at radius 3 is 2.88 bits per heavy atom. The maximum Gasteiger partial charge on any atom is 0.249 e. The highest BCUT2D eigenvalue weighted by atomic mass is 16.4. The molecule has 0 atom stereocenters. The minimum atomic E-state index is 0.488. The molecule has 7 heteroatoms. The number of rotatable bonds is 5. The van der Waals surface area contributed by atoms with Gasteiger partial charge in [0.05, 0.1) is 23.5 Å². The number of aryl methyl sites for hydroxylation is 1. The lowest BCUT2D eigenvalue weighted by molar-refractivity contribution is 0.278. The zero-order chi connectivity index (χ0) is 17.2. The van der Waals surface area contributed by atoms with Gasteiger partial charge in [0.2, 0.25) is 11.8 Å². The lowest BCUT2D eigenvalue weighted by atomic mass is 10.3. The molecule has 7 nitrogen and oxygen atoms in total. The molecule has 4 rings (SSSR count). The Hall–Kier alpha value is -3.06. The lowest BCUT2D eigenvalue weighted by Gasteiger charge is -2.14. The molecule has 0 saturated heterocycles. The number of nitrogens with zero attached hydrogens (tertiary/aromatic N) is 6. The Morgan fingerprint density at radius 1 is 1.12 bits per heavy atom. The van der Waals surface area contributed by atoms with E-state index in [1.807, 2.05) is 50.5 Å². The molecule has 0 N–H and O–H groups in total. The number of pyridine rings is 2. The summed E-state index contributed by atoms with van der Waals surface area (Å²) in [6, 6.07) is 9.76. The molecule has 0 fully saturated rings. The molecule has 0 aliphatic carbocycles. The summed E-state index contributed by atoms with van der Waals surface area (Å²) in [5, 5.41) is 8.24. The fourth-order valence-corrected chi connectivity index (χ4v) is 2.82. The van der Waals surface area contributed by atoms with Gasteiger partial charge in [-0.15, -0.1) is 10.2 Å². The van der Waals surface area contributed by atoms with Crippen molar-refractivity contribution in [3.63, 3.8) is 0 Å². The molecule has 25 heavy (non-hydrogen) atoms. The Morgan fingerprint density at radius 2 is 2.04 bits per heavy atom. The highest BCUT2D eigenvalue weighted by Crippen LogP contribution is 2.18. The third kappa shape index (κ3) is 3.14. The summed E-state index contributed by atoms with van der Waals surface area (Å²) in [6.07, 6.45) is 5.46. The van der Waals surface area contributed by atoms with Gasteiger partial charge in [-0.05, 0) is 38.2 Å². The Labute approximate surface area is 145 Å². The largest absolute Gasteiger partial charge is 0.419 e. The second-order valence-corrected chi connectivity index (χ2v) is 5.99. The molecule has 4 heterocycles. The topological polar surface area (TPSA) is 72.3 Å². The third-order valence-electron chi connectivity index (χ3n) is 4.03. The zero-order valence-electron chi connectivity index (χ0n) is 14.1. The number of aromatic nitrogens is 5. The monoisotopic (exact) mass is 334 g/mol. The van der Waals surface area contributed by atoms with Crippen LogP contribution in [0, 0.1) is 6.92 Å². The van der Waals surface area contributed by atoms with Crippen LogP contribution in [0.1, 0.15) is 17.3 Å². The standard InChI is InChI=1S/C18H18N6O/c1-13-15(24-9-4-3-7-16(24)20-13)11-23(2)12-17-21-22-18(25-17)14-6-5-8-19-10-14/h3-10H,11-12H2,1-2H3. The molecule has 0 radical (unpaired) electrons. The average molecular weight is 334 g/mol. The van der Waals surface area contributed by atoms with Crippen molar-refractivity contribution in [1.82, 2.24) is 29.5 Å². The first-order chi connectivity index (χ1) is 12.2. The summed E-state index contributed by atoms with van der Waals surface area (Å²) >= 11 is 0. The van der Waals surface area contributed by atoms with Crippen molar-refractivity contribution < 1.29 is 4.42 Å². The van der Waals surface area contributed by atoms with Crippen molar-refractivity contribution in [2.24, 2.45) is 0 Å². The zero-order valence-corrected chi connectivity index (χ0v) is 14.1. The lowest BCUT2D eigenvalue weighted by Crippen LogP contribution is -2.19.